The fraction of sp³-hybridized carbons (Fsp3) is 0.577. The predicted octanol–water partition coefficient (Wildman–Crippen LogP) is 2.86. The molecule has 7 rings (SSSR count). The normalized spacial score (nSPS) is 33.1. The molecule has 1 aromatic heterocycles. The molecule has 1 saturated heterocycles. The zero-order valence-corrected chi connectivity index (χ0v) is 20.5. The van der Waals surface area contributed by atoms with Gasteiger partial charge in [-0.3, -0.25) is 14.6 Å². The van der Waals surface area contributed by atoms with Crippen molar-refractivity contribution in [2.24, 2.45) is 34.8 Å². The van der Waals surface area contributed by atoms with E-state index < -0.39 is 21.5 Å². The summed E-state index contributed by atoms with van der Waals surface area (Å²) in [5.41, 5.74) is 5.62. The van der Waals surface area contributed by atoms with Gasteiger partial charge in [-0.05, 0) is 74.8 Å². The minimum absolute atomic E-state index is 0.189. The Hall–Kier alpha value is -2.52. The molecule has 4 bridgehead atoms. The number of piperidine rings is 1. The predicted molar refractivity (Wildman–Crippen MR) is 128 cm³/mol. The molecular formula is C26H31N3O5S. The number of amides is 1. The average Bonchev–Trinajstić information content (AvgIpc) is 2.85. The van der Waals surface area contributed by atoms with Crippen LogP contribution < -0.4 is 5.73 Å². The molecule has 3 unspecified atom stereocenters. The first kappa shape index (κ1) is 22.9. The smallest absolute Gasteiger partial charge is 0.309 e. The molecule has 4 aliphatic carbocycles. The van der Waals surface area contributed by atoms with Crippen LogP contribution >= 0.6 is 0 Å². The monoisotopic (exact) mass is 497 g/mol. The first-order chi connectivity index (χ1) is 16.8. The van der Waals surface area contributed by atoms with Gasteiger partial charge in [0.05, 0.1) is 16.8 Å². The van der Waals surface area contributed by atoms with Gasteiger partial charge in [0.1, 0.15) is 11.0 Å². The summed E-state index contributed by atoms with van der Waals surface area (Å²) in [6.07, 6.45) is 6.54. The fourth-order valence-electron chi connectivity index (χ4n) is 7.52. The first-order valence-electron chi connectivity index (χ1n) is 12.6. The molecule has 5 fully saturated rings. The zero-order chi connectivity index (χ0) is 24.4. The lowest BCUT2D eigenvalue weighted by Gasteiger charge is -2.58. The lowest BCUT2D eigenvalue weighted by molar-refractivity contribution is -0.199. The summed E-state index contributed by atoms with van der Waals surface area (Å²) < 4.78 is 34.3. The van der Waals surface area contributed by atoms with Gasteiger partial charge in [0.15, 0.2) is 0 Å². The Bertz CT molecular complexity index is 1270. The van der Waals surface area contributed by atoms with Crippen LogP contribution in [0.2, 0.25) is 0 Å². The minimum atomic E-state index is -3.74. The number of primary amides is 1. The van der Waals surface area contributed by atoms with E-state index in [2.05, 4.69) is 4.98 Å². The Morgan fingerprint density at radius 3 is 2.40 bits per heavy atom. The topological polar surface area (TPSA) is 120 Å². The number of benzene rings is 1. The van der Waals surface area contributed by atoms with Crippen molar-refractivity contribution in [1.82, 2.24) is 9.29 Å². The SMILES string of the molecule is NC(=O)C12CC3CC(CC(C3)C1OC(=O)C1CCN(S(=O)(=O)c3cccc4cccnc34)CC1)C2. The van der Waals surface area contributed by atoms with E-state index in [9.17, 15) is 18.0 Å². The van der Waals surface area contributed by atoms with Gasteiger partial charge in [-0.2, -0.15) is 4.31 Å². The highest BCUT2D eigenvalue weighted by molar-refractivity contribution is 7.89. The van der Waals surface area contributed by atoms with Gasteiger partial charge in [0.2, 0.25) is 15.9 Å². The van der Waals surface area contributed by atoms with Crippen molar-refractivity contribution in [1.29, 1.82) is 0 Å². The number of ether oxygens (including phenoxy) is 1. The molecule has 2 heterocycles. The Labute approximate surface area is 205 Å². The van der Waals surface area contributed by atoms with Crippen LogP contribution in [-0.4, -0.2) is 48.8 Å². The lowest BCUT2D eigenvalue weighted by Crippen LogP contribution is -2.62. The molecule has 1 aliphatic heterocycles. The number of nitrogens with two attached hydrogens (primary N) is 1. The third-order valence-electron chi connectivity index (χ3n) is 8.95. The van der Waals surface area contributed by atoms with Gasteiger partial charge in [-0.1, -0.05) is 18.2 Å². The van der Waals surface area contributed by atoms with Gasteiger partial charge in [0.25, 0.3) is 0 Å². The summed E-state index contributed by atoms with van der Waals surface area (Å²) in [6, 6.07) is 8.77. The molecule has 1 aromatic carbocycles. The number of nitrogens with zero attached hydrogens (tertiary/aromatic N) is 2. The first-order valence-corrected chi connectivity index (χ1v) is 14.1. The standard InChI is InChI=1S/C26H31N3O5S/c27-25(31)26-14-16-11-17(15-26)13-20(12-16)23(26)34-24(30)19-6-9-29(10-7-19)35(32,33)21-5-1-3-18-4-2-8-28-22(18)21/h1-5,8,16-17,19-20,23H,6-7,9-15H2,(H2,27,31). The Balaban J connectivity index is 1.15. The number of fused-ring (bicyclic) bond motifs is 1. The number of rotatable bonds is 5. The van der Waals surface area contributed by atoms with E-state index in [1.165, 1.54) is 4.31 Å². The molecule has 0 spiro atoms. The van der Waals surface area contributed by atoms with E-state index in [1.807, 2.05) is 12.1 Å². The Morgan fingerprint density at radius 1 is 1.03 bits per heavy atom. The number of para-hydroxylation sites is 1. The fourth-order valence-corrected chi connectivity index (χ4v) is 9.16. The van der Waals surface area contributed by atoms with Gasteiger partial charge < -0.3 is 10.5 Å². The maximum atomic E-state index is 13.4. The van der Waals surface area contributed by atoms with Gasteiger partial charge in [0, 0.05) is 24.7 Å². The Kier molecular flexibility index (Phi) is 5.41. The van der Waals surface area contributed by atoms with Crippen molar-refractivity contribution >= 4 is 32.8 Å². The summed E-state index contributed by atoms with van der Waals surface area (Å²) in [4.78, 5) is 30.2. The van der Waals surface area contributed by atoms with Crippen molar-refractivity contribution < 1.29 is 22.7 Å². The van der Waals surface area contributed by atoms with Crippen molar-refractivity contribution in [3.63, 3.8) is 0 Å². The van der Waals surface area contributed by atoms with Crippen LogP contribution in [0, 0.1) is 29.1 Å². The molecule has 8 nitrogen and oxygen atoms in total. The van der Waals surface area contributed by atoms with E-state index >= 15 is 0 Å². The lowest BCUT2D eigenvalue weighted by atomic mass is 9.48. The van der Waals surface area contributed by atoms with E-state index in [-0.39, 0.29) is 41.7 Å². The van der Waals surface area contributed by atoms with E-state index in [4.69, 9.17) is 10.5 Å². The highest BCUT2D eigenvalue weighted by atomic mass is 32.2. The maximum absolute atomic E-state index is 13.4. The molecule has 1 amide bonds. The molecule has 5 aliphatic rings. The third-order valence-corrected chi connectivity index (χ3v) is 10.9. The van der Waals surface area contributed by atoms with E-state index in [0.717, 1.165) is 37.5 Å². The number of pyridine rings is 1. The summed E-state index contributed by atoms with van der Waals surface area (Å²) in [7, 11) is -3.74. The van der Waals surface area contributed by atoms with Crippen LogP contribution in [0.15, 0.2) is 41.4 Å². The van der Waals surface area contributed by atoms with Crippen molar-refractivity contribution in [2.75, 3.05) is 13.1 Å². The average molecular weight is 498 g/mol. The molecule has 0 radical (unpaired) electrons. The zero-order valence-electron chi connectivity index (χ0n) is 19.6. The summed E-state index contributed by atoms with van der Waals surface area (Å²) in [6.45, 7) is 0.481. The molecule has 2 aromatic rings. The van der Waals surface area contributed by atoms with E-state index in [0.29, 0.717) is 30.2 Å². The molecule has 9 heteroatoms. The Morgan fingerprint density at radius 2 is 1.71 bits per heavy atom. The van der Waals surface area contributed by atoms with Crippen LogP contribution in [0.25, 0.3) is 10.9 Å². The number of hydrogen-bond donors (Lipinski definition) is 1. The molecule has 186 valence electrons. The maximum Gasteiger partial charge on any atom is 0.309 e. The largest absolute Gasteiger partial charge is 0.461 e. The third kappa shape index (κ3) is 3.66. The minimum Gasteiger partial charge on any atom is -0.461 e. The van der Waals surface area contributed by atoms with Crippen LogP contribution in [0.1, 0.15) is 44.9 Å². The second-order valence-corrected chi connectivity index (χ2v) is 12.9. The van der Waals surface area contributed by atoms with Crippen molar-refractivity contribution in [3.8, 4) is 0 Å². The summed E-state index contributed by atoms with van der Waals surface area (Å²) in [5.74, 6) is 0.191. The van der Waals surface area contributed by atoms with Crippen molar-refractivity contribution in [3.05, 3.63) is 36.5 Å². The van der Waals surface area contributed by atoms with Crippen LogP contribution in [0.4, 0.5) is 0 Å². The molecular weight excluding hydrogens is 466 g/mol. The van der Waals surface area contributed by atoms with Crippen LogP contribution in [0.3, 0.4) is 0 Å². The number of sulfonamides is 1. The molecule has 2 N–H and O–H groups in total. The highest BCUT2D eigenvalue weighted by Crippen LogP contribution is 2.61. The second-order valence-electron chi connectivity index (χ2n) is 11.0. The van der Waals surface area contributed by atoms with E-state index in [1.54, 1.807) is 24.4 Å². The van der Waals surface area contributed by atoms with Gasteiger partial charge in [-0.25, -0.2) is 8.42 Å². The number of hydrogen-bond acceptors (Lipinski definition) is 6. The number of aromatic nitrogens is 1. The number of carbonyl (C=O) groups is 2. The van der Waals surface area contributed by atoms with Crippen LogP contribution in [0.5, 0.6) is 0 Å². The summed E-state index contributed by atoms with van der Waals surface area (Å²) in [5, 5.41) is 0.770. The van der Waals surface area contributed by atoms with Crippen molar-refractivity contribution in [2.45, 2.75) is 55.9 Å². The summed E-state index contributed by atoms with van der Waals surface area (Å²) >= 11 is 0. The number of esters is 1. The molecule has 3 atom stereocenters. The number of carbonyl (C=O) groups excluding carboxylic acids is 2. The van der Waals surface area contributed by atoms with Crippen LogP contribution in [-0.2, 0) is 24.3 Å². The molecule has 4 saturated carbocycles. The second kappa shape index (κ2) is 8.27. The van der Waals surface area contributed by atoms with Gasteiger partial charge >= 0.3 is 5.97 Å². The quantitative estimate of drug-likeness (QED) is 0.635. The van der Waals surface area contributed by atoms with Gasteiger partial charge in [-0.15, -0.1) is 0 Å². The highest BCUT2D eigenvalue weighted by Gasteiger charge is 2.62. The molecule has 35 heavy (non-hydrogen) atoms.